The van der Waals surface area contributed by atoms with E-state index in [0.29, 0.717) is 16.2 Å². The standard InChI is InChI=1S/C17H13ClN2O2/c1-22-17(21)15-9-13(10-5-7-11(18)8-6-10)12-3-2-4-14(19)16(12)20-15/h2-9H,19H2,1H3. The summed E-state index contributed by atoms with van der Waals surface area (Å²) in [5.74, 6) is -0.500. The minimum atomic E-state index is -0.500. The predicted octanol–water partition coefficient (Wildman–Crippen LogP) is 3.92. The van der Waals surface area contributed by atoms with Crippen molar-refractivity contribution in [1.82, 2.24) is 4.98 Å². The van der Waals surface area contributed by atoms with Gasteiger partial charge in [-0.25, -0.2) is 9.78 Å². The Balaban J connectivity index is 2.33. The Labute approximate surface area is 132 Å². The summed E-state index contributed by atoms with van der Waals surface area (Å²) >= 11 is 5.94. The van der Waals surface area contributed by atoms with E-state index in [2.05, 4.69) is 4.98 Å². The molecule has 0 spiro atoms. The SMILES string of the molecule is COC(=O)c1cc(-c2ccc(Cl)cc2)c2cccc(N)c2n1. The Hall–Kier alpha value is -2.59. The minimum absolute atomic E-state index is 0.220. The van der Waals surface area contributed by atoms with Crippen molar-refractivity contribution in [3.8, 4) is 11.1 Å². The monoisotopic (exact) mass is 312 g/mol. The number of anilines is 1. The van der Waals surface area contributed by atoms with Gasteiger partial charge in [0.15, 0.2) is 0 Å². The molecule has 0 amide bonds. The van der Waals surface area contributed by atoms with Gasteiger partial charge < -0.3 is 10.5 Å². The molecule has 22 heavy (non-hydrogen) atoms. The molecule has 2 aromatic carbocycles. The van der Waals surface area contributed by atoms with Gasteiger partial charge in [0.1, 0.15) is 5.69 Å². The summed E-state index contributed by atoms with van der Waals surface area (Å²) in [6.07, 6.45) is 0. The van der Waals surface area contributed by atoms with Gasteiger partial charge in [-0.2, -0.15) is 0 Å². The molecule has 4 nitrogen and oxygen atoms in total. The molecule has 0 bridgehead atoms. The van der Waals surface area contributed by atoms with Gasteiger partial charge in [0.05, 0.1) is 18.3 Å². The average molecular weight is 313 g/mol. The highest BCUT2D eigenvalue weighted by molar-refractivity contribution is 6.30. The first-order valence-corrected chi connectivity index (χ1v) is 7.01. The van der Waals surface area contributed by atoms with Crippen molar-refractivity contribution in [3.63, 3.8) is 0 Å². The normalized spacial score (nSPS) is 10.6. The lowest BCUT2D eigenvalue weighted by Gasteiger charge is -2.10. The topological polar surface area (TPSA) is 65.2 Å². The van der Waals surface area contributed by atoms with Crippen molar-refractivity contribution in [2.45, 2.75) is 0 Å². The Morgan fingerprint density at radius 3 is 2.59 bits per heavy atom. The van der Waals surface area contributed by atoms with Crippen LogP contribution in [-0.4, -0.2) is 18.1 Å². The largest absolute Gasteiger partial charge is 0.464 e. The molecule has 1 heterocycles. The maximum absolute atomic E-state index is 11.9. The quantitative estimate of drug-likeness (QED) is 0.575. The zero-order valence-electron chi connectivity index (χ0n) is 11.8. The van der Waals surface area contributed by atoms with Crippen molar-refractivity contribution in [3.05, 3.63) is 59.2 Å². The summed E-state index contributed by atoms with van der Waals surface area (Å²) in [5, 5.41) is 1.52. The third kappa shape index (κ3) is 2.49. The van der Waals surface area contributed by atoms with E-state index in [4.69, 9.17) is 22.1 Å². The molecular weight excluding hydrogens is 300 g/mol. The van der Waals surface area contributed by atoms with Crippen molar-refractivity contribution in [2.75, 3.05) is 12.8 Å². The number of carbonyl (C=O) groups excluding carboxylic acids is 1. The predicted molar refractivity (Wildman–Crippen MR) is 87.9 cm³/mol. The number of pyridine rings is 1. The van der Waals surface area contributed by atoms with Crippen molar-refractivity contribution < 1.29 is 9.53 Å². The summed E-state index contributed by atoms with van der Waals surface area (Å²) in [5.41, 5.74) is 9.09. The van der Waals surface area contributed by atoms with E-state index < -0.39 is 5.97 Å². The number of rotatable bonds is 2. The van der Waals surface area contributed by atoms with E-state index in [-0.39, 0.29) is 5.69 Å². The number of methoxy groups -OCH3 is 1. The van der Waals surface area contributed by atoms with Crippen molar-refractivity contribution in [2.24, 2.45) is 0 Å². The van der Waals surface area contributed by atoms with Crippen LogP contribution in [0.1, 0.15) is 10.5 Å². The Morgan fingerprint density at radius 1 is 1.18 bits per heavy atom. The van der Waals surface area contributed by atoms with Gasteiger partial charge in [0.2, 0.25) is 0 Å². The van der Waals surface area contributed by atoms with Crippen LogP contribution < -0.4 is 5.73 Å². The lowest BCUT2D eigenvalue weighted by atomic mass is 9.99. The van der Waals surface area contributed by atoms with E-state index >= 15 is 0 Å². The number of halogens is 1. The Morgan fingerprint density at radius 2 is 1.91 bits per heavy atom. The lowest BCUT2D eigenvalue weighted by Crippen LogP contribution is -2.06. The minimum Gasteiger partial charge on any atom is -0.464 e. The maximum Gasteiger partial charge on any atom is 0.356 e. The smallest absolute Gasteiger partial charge is 0.356 e. The molecule has 0 aliphatic heterocycles. The highest BCUT2D eigenvalue weighted by Crippen LogP contribution is 2.32. The molecule has 2 N–H and O–H groups in total. The average Bonchev–Trinajstić information content (AvgIpc) is 2.54. The molecule has 1 aromatic heterocycles. The molecule has 3 aromatic rings. The van der Waals surface area contributed by atoms with Crippen LogP contribution in [0.25, 0.3) is 22.0 Å². The molecule has 0 unspecified atom stereocenters. The van der Waals surface area contributed by atoms with E-state index in [1.165, 1.54) is 7.11 Å². The molecule has 0 aliphatic rings. The summed E-state index contributed by atoms with van der Waals surface area (Å²) in [4.78, 5) is 16.2. The number of hydrogen-bond donors (Lipinski definition) is 1. The second kappa shape index (κ2) is 5.66. The number of nitrogen functional groups attached to an aromatic ring is 1. The molecule has 0 saturated heterocycles. The van der Waals surface area contributed by atoms with Crippen LogP contribution in [0.5, 0.6) is 0 Å². The Bertz CT molecular complexity index is 860. The number of para-hydroxylation sites is 1. The van der Waals surface area contributed by atoms with Crippen LogP contribution in [-0.2, 0) is 4.74 Å². The van der Waals surface area contributed by atoms with Crippen molar-refractivity contribution in [1.29, 1.82) is 0 Å². The van der Waals surface area contributed by atoms with Gasteiger partial charge in [-0.05, 0) is 35.4 Å². The summed E-state index contributed by atoms with van der Waals surface area (Å²) in [7, 11) is 1.32. The van der Waals surface area contributed by atoms with Gasteiger partial charge >= 0.3 is 5.97 Å². The highest BCUT2D eigenvalue weighted by Gasteiger charge is 2.14. The van der Waals surface area contributed by atoms with E-state index in [1.54, 1.807) is 24.3 Å². The summed E-state index contributed by atoms with van der Waals surface area (Å²) in [6, 6.07) is 14.6. The molecule has 5 heteroatoms. The zero-order valence-corrected chi connectivity index (χ0v) is 12.6. The lowest BCUT2D eigenvalue weighted by molar-refractivity contribution is 0.0594. The van der Waals surface area contributed by atoms with E-state index in [0.717, 1.165) is 16.5 Å². The number of nitrogens with two attached hydrogens (primary N) is 1. The van der Waals surface area contributed by atoms with Crippen LogP contribution >= 0.6 is 11.6 Å². The molecule has 0 aliphatic carbocycles. The van der Waals surface area contributed by atoms with Crippen LogP contribution in [0.15, 0.2) is 48.5 Å². The highest BCUT2D eigenvalue weighted by atomic mass is 35.5. The number of esters is 1. The molecule has 110 valence electrons. The molecule has 0 atom stereocenters. The fourth-order valence-electron chi connectivity index (χ4n) is 2.35. The number of hydrogen-bond acceptors (Lipinski definition) is 4. The first kappa shape index (κ1) is 14.4. The number of fused-ring (bicyclic) bond motifs is 1. The number of carbonyl (C=O) groups is 1. The zero-order chi connectivity index (χ0) is 15.7. The van der Waals surface area contributed by atoms with Gasteiger partial charge in [-0.3, -0.25) is 0 Å². The first-order valence-electron chi connectivity index (χ1n) is 6.63. The number of benzene rings is 2. The van der Waals surface area contributed by atoms with Crippen LogP contribution in [0.2, 0.25) is 5.02 Å². The number of nitrogens with zero attached hydrogens (tertiary/aromatic N) is 1. The van der Waals surface area contributed by atoms with E-state index in [9.17, 15) is 4.79 Å². The number of aromatic nitrogens is 1. The third-order valence-electron chi connectivity index (χ3n) is 3.42. The van der Waals surface area contributed by atoms with Crippen molar-refractivity contribution >= 4 is 34.2 Å². The summed E-state index contributed by atoms with van der Waals surface area (Å²) in [6.45, 7) is 0. The number of ether oxygens (including phenoxy) is 1. The summed E-state index contributed by atoms with van der Waals surface area (Å²) < 4.78 is 4.77. The van der Waals surface area contributed by atoms with Gasteiger partial charge in [0.25, 0.3) is 0 Å². The van der Waals surface area contributed by atoms with Crippen LogP contribution in [0.3, 0.4) is 0 Å². The molecule has 0 saturated carbocycles. The Kier molecular flexibility index (Phi) is 3.69. The third-order valence-corrected chi connectivity index (χ3v) is 3.67. The first-order chi connectivity index (χ1) is 10.6. The van der Waals surface area contributed by atoms with Gasteiger partial charge in [-0.1, -0.05) is 35.9 Å². The fraction of sp³-hybridized carbons (Fsp3) is 0.0588. The van der Waals surface area contributed by atoms with Crippen LogP contribution in [0.4, 0.5) is 5.69 Å². The second-order valence-electron chi connectivity index (χ2n) is 4.80. The van der Waals surface area contributed by atoms with Crippen LogP contribution in [0, 0.1) is 0 Å². The van der Waals surface area contributed by atoms with Gasteiger partial charge in [0, 0.05) is 10.4 Å². The van der Waals surface area contributed by atoms with Gasteiger partial charge in [-0.15, -0.1) is 0 Å². The fourth-order valence-corrected chi connectivity index (χ4v) is 2.47. The van der Waals surface area contributed by atoms with E-state index in [1.807, 2.05) is 24.3 Å². The molecular formula is C17H13ClN2O2. The molecule has 0 fully saturated rings. The molecule has 0 radical (unpaired) electrons. The second-order valence-corrected chi connectivity index (χ2v) is 5.23. The maximum atomic E-state index is 11.9. The molecule has 3 rings (SSSR count).